The second kappa shape index (κ2) is 7.72. The topological polar surface area (TPSA) is 59.0 Å². The Morgan fingerprint density at radius 3 is 2.10 bits per heavy atom. The van der Waals surface area contributed by atoms with E-state index in [1.807, 2.05) is 13.8 Å². The Bertz CT molecular complexity index is 341. The maximum atomic E-state index is 12.3. The maximum absolute atomic E-state index is 12.3. The van der Waals surface area contributed by atoms with Gasteiger partial charge in [0.2, 0.25) is 0 Å². The van der Waals surface area contributed by atoms with Crippen molar-refractivity contribution < 1.29 is 19.2 Å². The van der Waals surface area contributed by atoms with Gasteiger partial charge in [0.15, 0.2) is 8.32 Å². The molecule has 0 aliphatic rings. The lowest BCUT2D eigenvalue weighted by Gasteiger charge is -2.42. The molecule has 0 bridgehead atoms. The van der Waals surface area contributed by atoms with E-state index in [-0.39, 0.29) is 35.5 Å². The van der Waals surface area contributed by atoms with E-state index in [9.17, 15) is 9.90 Å². The number of hydrogen-bond acceptors (Lipinski definition) is 4. The molecule has 0 saturated carbocycles. The predicted molar refractivity (Wildman–Crippen MR) is 87.3 cm³/mol. The van der Waals surface area contributed by atoms with Gasteiger partial charge in [0.05, 0.1) is 19.1 Å². The van der Waals surface area contributed by atoms with Crippen LogP contribution in [0.1, 0.15) is 34.6 Å². The van der Waals surface area contributed by atoms with Crippen LogP contribution in [0.25, 0.3) is 0 Å². The Labute approximate surface area is 130 Å². The summed E-state index contributed by atoms with van der Waals surface area (Å²) in [5.74, 6) is -0.615. The van der Waals surface area contributed by atoms with Crippen molar-refractivity contribution in [2.75, 3.05) is 20.8 Å². The van der Waals surface area contributed by atoms with Crippen molar-refractivity contribution in [3.8, 4) is 0 Å². The first kappa shape index (κ1) is 20.6. The molecule has 0 saturated heterocycles. The fourth-order valence-electron chi connectivity index (χ4n) is 1.85. The molecule has 1 amide bonds. The lowest BCUT2D eigenvalue weighted by atomic mass is 9.93. The average Bonchev–Trinajstić information content (AvgIpc) is 2.40. The Morgan fingerprint density at radius 1 is 1.29 bits per heavy atom. The van der Waals surface area contributed by atoms with Gasteiger partial charge in [-0.05, 0) is 18.1 Å². The molecule has 3 atom stereocenters. The average molecular weight is 320 g/mol. The molecule has 0 aromatic heterocycles. The molecule has 0 unspecified atom stereocenters. The van der Waals surface area contributed by atoms with Crippen LogP contribution in [-0.2, 0) is 14.1 Å². The van der Waals surface area contributed by atoms with Crippen LogP contribution in [0.15, 0.2) is 0 Å². The molecular weight excluding hydrogens is 286 g/mol. The van der Waals surface area contributed by atoms with Crippen LogP contribution in [0.5, 0.6) is 0 Å². The molecule has 1 N–H and O–H groups in total. The van der Waals surface area contributed by atoms with E-state index in [4.69, 9.17) is 9.26 Å². The zero-order valence-electron chi connectivity index (χ0n) is 15.1. The van der Waals surface area contributed by atoms with Gasteiger partial charge in [-0.3, -0.25) is 9.63 Å². The second-order valence-electron chi connectivity index (χ2n) is 7.31. The van der Waals surface area contributed by atoms with Gasteiger partial charge in [0.25, 0.3) is 5.91 Å². The number of aliphatic hydroxyl groups excluding tert-OH is 1. The van der Waals surface area contributed by atoms with E-state index in [1.54, 1.807) is 7.05 Å². The summed E-state index contributed by atoms with van der Waals surface area (Å²) >= 11 is 0. The summed E-state index contributed by atoms with van der Waals surface area (Å²) < 4.78 is 6.41. The lowest BCUT2D eigenvalue weighted by Crippen LogP contribution is -2.50. The van der Waals surface area contributed by atoms with Crippen molar-refractivity contribution in [3.63, 3.8) is 0 Å². The van der Waals surface area contributed by atoms with E-state index in [0.717, 1.165) is 0 Å². The Hall–Kier alpha value is -0.433. The summed E-state index contributed by atoms with van der Waals surface area (Å²) in [5.41, 5.74) is 0. The maximum Gasteiger partial charge on any atom is 0.251 e. The summed E-state index contributed by atoms with van der Waals surface area (Å²) in [6.07, 6.45) is -0.319. The van der Waals surface area contributed by atoms with E-state index < -0.39 is 8.32 Å². The highest BCUT2D eigenvalue weighted by molar-refractivity contribution is 6.74. The van der Waals surface area contributed by atoms with Gasteiger partial charge in [-0.25, -0.2) is 5.06 Å². The first-order valence-corrected chi connectivity index (χ1v) is 10.4. The van der Waals surface area contributed by atoms with E-state index in [0.29, 0.717) is 0 Å². The molecule has 126 valence electrons. The van der Waals surface area contributed by atoms with Crippen molar-refractivity contribution in [3.05, 3.63) is 0 Å². The summed E-state index contributed by atoms with van der Waals surface area (Å²) in [6, 6.07) is 0. The highest BCUT2D eigenvalue weighted by Gasteiger charge is 2.43. The van der Waals surface area contributed by atoms with Crippen LogP contribution in [0, 0.1) is 11.8 Å². The molecule has 0 aliphatic heterocycles. The molecular formula is C15H33NO4Si. The van der Waals surface area contributed by atoms with Crippen molar-refractivity contribution in [2.45, 2.75) is 58.9 Å². The van der Waals surface area contributed by atoms with Gasteiger partial charge < -0.3 is 9.53 Å². The number of amides is 1. The molecule has 0 aromatic rings. The van der Waals surface area contributed by atoms with E-state index >= 15 is 0 Å². The smallest absolute Gasteiger partial charge is 0.251 e. The largest absolute Gasteiger partial charge is 0.413 e. The molecule has 0 rings (SSSR count). The summed E-state index contributed by atoms with van der Waals surface area (Å²) in [7, 11) is 1.03. The summed E-state index contributed by atoms with van der Waals surface area (Å²) in [4.78, 5) is 17.3. The molecule has 0 radical (unpaired) electrons. The summed E-state index contributed by atoms with van der Waals surface area (Å²) in [6.45, 7) is 14.5. The standard InChI is InChI=1S/C15H33NO4Si/c1-11(10-17)13(12(2)14(18)16(6)19-7)20-21(8,9)15(3,4)5/h11-13,17H,10H2,1-9H3/t11-,12+,13-/m1/s1. The minimum atomic E-state index is -2.02. The molecule has 21 heavy (non-hydrogen) atoms. The van der Waals surface area contributed by atoms with Crippen LogP contribution >= 0.6 is 0 Å². The Kier molecular flexibility index (Phi) is 7.56. The Morgan fingerprint density at radius 2 is 1.76 bits per heavy atom. The zero-order chi connectivity index (χ0) is 17.0. The van der Waals surface area contributed by atoms with Gasteiger partial charge in [0.1, 0.15) is 0 Å². The van der Waals surface area contributed by atoms with Crippen LogP contribution < -0.4 is 0 Å². The Balaban J connectivity index is 5.28. The van der Waals surface area contributed by atoms with Crippen LogP contribution in [0.4, 0.5) is 0 Å². The number of carbonyl (C=O) groups excluding carboxylic acids is 1. The molecule has 6 heteroatoms. The van der Waals surface area contributed by atoms with Gasteiger partial charge in [-0.1, -0.05) is 34.6 Å². The fraction of sp³-hybridized carbons (Fsp3) is 0.933. The third kappa shape index (κ3) is 5.36. The van der Waals surface area contributed by atoms with Crippen LogP contribution in [0.2, 0.25) is 18.1 Å². The zero-order valence-corrected chi connectivity index (χ0v) is 16.1. The summed E-state index contributed by atoms with van der Waals surface area (Å²) in [5, 5.41) is 10.8. The van der Waals surface area contributed by atoms with Crippen LogP contribution in [0.3, 0.4) is 0 Å². The number of hydroxylamine groups is 2. The number of aliphatic hydroxyl groups is 1. The van der Waals surface area contributed by atoms with Crippen LogP contribution in [-0.4, -0.2) is 51.3 Å². The lowest BCUT2D eigenvalue weighted by molar-refractivity contribution is -0.177. The number of rotatable bonds is 7. The van der Waals surface area contributed by atoms with Gasteiger partial charge in [-0.2, -0.15) is 0 Å². The predicted octanol–water partition coefficient (Wildman–Crippen LogP) is 2.66. The van der Waals surface area contributed by atoms with Crippen molar-refractivity contribution >= 4 is 14.2 Å². The van der Waals surface area contributed by atoms with E-state index in [1.165, 1.54) is 12.2 Å². The molecule has 5 nitrogen and oxygen atoms in total. The normalized spacial score (nSPS) is 17.2. The van der Waals surface area contributed by atoms with Crippen molar-refractivity contribution in [1.29, 1.82) is 0 Å². The third-order valence-electron chi connectivity index (χ3n) is 4.55. The number of hydrogen-bond donors (Lipinski definition) is 1. The first-order valence-electron chi connectivity index (χ1n) is 7.49. The highest BCUT2D eigenvalue weighted by atomic mass is 28.4. The minimum Gasteiger partial charge on any atom is -0.413 e. The fourth-order valence-corrected chi connectivity index (χ4v) is 3.32. The van der Waals surface area contributed by atoms with Gasteiger partial charge in [0, 0.05) is 19.6 Å². The van der Waals surface area contributed by atoms with Gasteiger partial charge in [-0.15, -0.1) is 0 Å². The van der Waals surface area contributed by atoms with Crippen molar-refractivity contribution in [1.82, 2.24) is 5.06 Å². The molecule has 0 aromatic carbocycles. The molecule has 0 spiro atoms. The molecule has 0 fully saturated rings. The van der Waals surface area contributed by atoms with Crippen molar-refractivity contribution in [2.24, 2.45) is 11.8 Å². The van der Waals surface area contributed by atoms with Gasteiger partial charge >= 0.3 is 0 Å². The molecule has 0 heterocycles. The number of nitrogens with zero attached hydrogens (tertiary/aromatic N) is 1. The SMILES string of the molecule is CON(C)C(=O)[C@@H](C)[C@H](O[Si](C)(C)C(C)(C)C)[C@H](C)CO. The second-order valence-corrected chi connectivity index (χ2v) is 12.1. The monoisotopic (exact) mass is 319 g/mol. The molecule has 0 aliphatic carbocycles. The quantitative estimate of drug-likeness (QED) is 0.579. The third-order valence-corrected chi connectivity index (χ3v) is 9.03. The van der Waals surface area contributed by atoms with E-state index in [2.05, 4.69) is 33.9 Å². The number of carbonyl (C=O) groups is 1. The highest BCUT2D eigenvalue weighted by Crippen LogP contribution is 2.39. The minimum absolute atomic E-state index is 0.00634. The first-order chi connectivity index (χ1) is 9.39.